The highest BCUT2D eigenvalue weighted by molar-refractivity contribution is 7.08. The van der Waals surface area contributed by atoms with Crippen LogP contribution in [0.2, 0.25) is 5.02 Å². The summed E-state index contributed by atoms with van der Waals surface area (Å²) in [6.07, 6.45) is 2.95. The fourth-order valence-electron chi connectivity index (χ4n) is 2.92. The average Bonchev–Trinajstić information content (AvgIpc) is 3.08. The van der Waals surface area contributed by atoms with Crippen LogP contribution >= 0.6 is 22.9 Å². The van der Waals surface area contributed by atoms with E-state index in [4.69, 9.17) is 17.3 Å². The van der Waals surface area contributed by atoms with Gasteiger partial charge in [-0.05, 0) is 42.0 Å². The minimum absolute atomic E-state index is 0.221. The molecule has 1 unspecified atom stereocenters. The van der Waals surface area contributed by atoms with E-state index in [1.165, 1.54) is 16.0 Å². The number of halogens is 1. The number of aromatic nitrogens is 3. The third-order valence-electron chi connectivity index (χ3n) is 4.69. The minimum Gasteiger partial charge on any atom is -0.368 e. The zero-order valence-electron chi connectivity index (χ0n) is 14.1. The van der Waals surface area contributed by atoms with Crippen LogP contribution in [0.25, 0.3) is 0 Å². The second-order valence-corrected chi connectivity index (χ2v) is 7.67. The van der Waals surface area contributed by atoms with Crippen LogP contribution in [0.1, 0.15) is 40.5 Å². The van der Waals surface area contributed by atoms with Gasteiger partial charge in [0.05, 0.1) is 11.8 Å². The number of nitrogens with zero attached hydrogens (tertiary/aromatic N) is 3. The number of hydrogen-bond acceptors (Lipinski definition) is 5. The molecule has 1 aliphatic rings. The quantitative estimate of drug-likeness (QED) is 0.662. The van der Waals surface area contributed by atoms with E-state index in [0.717, 1.165) is 5.56 Å². The van der Waals surface area contributed by atoms with Crippen molar-refractivity contribution in [2.75, 3.05) is 0 Å². The Labute approximate surface area is 164 Å². The fourth-order valence-corrected chi connectivity index (χ4v) is 3.68. The van der Waals surface area contributed by atoms with E-state index in [0.29, 0.717) is 29.1 Å². The Kier molecular flexibility index (Phi) is 4.45. The minimum atomic E-state index is -0.798. The zero-order valence-corrected chi connectivity index (χ0v) is 15.7. The number of nitrogens with one attached hydrogen (secondary N) is 1. The van der Waals surface area contributed by atoms with Crippen LogP contribution < -0.4 is 11.1 Å². The van der Waals surface area contributed by atoms with Crippen LogP contribution in [0, 0.1) is 0 Å². The molecule has 3 aromatic rings. The Morgan fingerprint density at radius 1 is 1.26 bits per heavy atom. The molecule has 1 aliphatic carbocycles. The predicted molar refractivity (Wildman–Crippen MR) is 102 cm³/mol. The van der Waals surface area contributed by atoms with Gasteiger partial charge in [-0.25, -0.2) is 4.68 Å². The van der Waals surface area contributed by atoms with Crippen LogP contribution in [0.3, 0.4) is 0 Å². The molecule has 0 bridgehead atoms. The van der Waals surface area contributed by atoms with Crippen LogP contribution in [-0.2, 0) is 10.3 Å². The van der Waals surface area contributed by atoms with Crippen molar-refractivity contribution >= 4 is 34.8 Å². The summed E-state index contributed by atoms with van der Waals surface area (Å²) in [7, 11) is 0. The van der Waals surface area contributed by atoms with Crippen LogP contribution in [0.5, 0.6) is 0 Å². The SMILES string of the molecule is NC(=O)C1(n2cc(C(NC(=O)c3ccsc3)c3ccc(Cl)cc3)nn2)CC1. The lowest BCUT2D eigenvalue weighted by atomic mass is 10.0. The lowest BCUT2D eigenvalue weighted by molar-refractivity contribution is -0.122. The van der Waals surface area contributed by atoms with Gasteiger partial charge in [-0.3, -0.25) is 9.59 Å². The van der Waals surface area contributed by atoms with E-state index < -0.39 is 17.5 Å². The molecule has 2 heterocycles. The Balaban J connectivity index is 1.68. The highest BCUT2D eigenvalue weighted by atomic mass is 35.5. The molecule has 7 nitrogen and oxygen atoms in total. The van der Waals surface area contributed by atoms with E-state index in [2.05, 4.69) is 15.6 Å². The maximum atomic E-state index is 12.6. The van der Waals surface area contributed by atoms with E-state index >= 15 is 0 Å². The van der Waals surface area contributed by atoms with Gasteiger partial charge in [0.25, 0.3) is 5.91 Å². The molecule has 0 aliphatic heterocycles. The smallest absolute Gasteiger partial charge is 0.252 e. The highest BCUT2D eigenvalue weighted by Gasteiger charge is 2.52. The molecule has 1 fully saturated rings. The third kappa shape index (κ3) is 3.33. The summed E-state index contributed by atoms with van der Waals surface area (Å²) < 4.78 is 1.50. The first-order valence-corrected chi connectivity index (χ1v) is 9.63. The zero-order chi connectivity index (χ0) is 19.0. The van der Waals surface area contributed by atoms with E-state index in [9.17, 15) is 9.59 Å². The molecule has 0 spiro atoms. The number of nitrogens with two attached hydrogens (primary N) is 1. The van der Waals surface area contributed by atoms with Gasteiger partial charge < -0.3 is 11.1 Å². The normalized spacial score (nSPS) is 15.9. The molecule has 1 aromatic carbocycles. The monoisotopic (exact) mass is 401 g/mol. The topological polar surface area (TPSA) is 103 Å². The first-order valence-electron chi connectivity index (χ1n) is 8.31. The molecule has 2 aromatic heterocycles. The number of carbonyl (C=O) groups excluding carboxylic acids is 2. The summed E-state index contributed by atoms with van der Waals surface area (Å²) in [4.78, 5) is 24.3. The first kappa shape index (κ1) is 17.7. The molecule has 27 heavy (non-hydrogen) atoms. The Morgan fingerprint density at radius 3 is 2.59 bits per heavy atom. The molecular formula is C18H16ClN5O2S. The van der Waals surface area contributed by atoms with Crippen molar-refractivity contribution in [2.45, 2.75) is 24.4 Å². The summed E-state index contributed by atoms with van der Waals surface area (Å²) >= 11 is 7.43. The molecule has 3 N–H and O–H groups in total. The second-order valence-electron chi connectivity index (χ2n) is 6.45. The van der Waals surface area contributed by atoms with Crippen LogP contribution in [0.4, 0.5) is 0 Å². The lowest BCUT2D eigenvalue weighted by Gasteiger charge is -2.17. The van der Waals surface area contributed by atoms with Gasteiger partial charge in [-0.15, -0.1) is 5.10 Å². The van der Waals surface area contributed by atoms with Crippen molar-refractivity contribution in [2.24, 2.45) is 5.73 Å². The molecule has 0 saturated heterocycles. The maximum absolute atomic E-state index is 12.6. The number of primary amides is 1. The summed E-state index contributed by atoms with van der Waals surface area (Å²) in [5, 5.41) is 15.5. The van der Waals surface area contributed by atoms with Crippen molar-refractivity contribution in [3.05, 3.63) is 69.1 Å². The number of carbonyl (C=O) groups is 2. The number of hydrogen-bond donors (Lipinski definition) is 2. The molecule has 1 atom stereocenters. The van der Waals surface area contributed by atoms with Gasteiger partial charge in [0, 0.05) is 10.4 Å². The Morgan fingerprint density at radius 2 is 2.00 bits per heavy atom. The van der Waals surface area contributed by atoms with Crippen molar-refractivity contribution in [3.8, 4) is 0 Å². The fraction of sp³-hybridized carbons (Fsp3) is 0.222. The second kappa shape index (κ2) is 6.79. The summed E-state index contributed by atoms with van der Waals surface area (Å²) in [6.45, 7) is 0. The Bertz CT molecular complexity index is 980. The summed E-state index contributed by atoms with van der Waals surface area (Å²) in [6, 6.07) is 8.35. The van der Waals surface area contributed by atoms with Gasteiger partial charge in [0.15, 0.2) is 0 Å². The van der Waals surface area contributed by atoms with Crippen molar-refractivity contribution in [3.63, 3.8) is 0 Å². The average molecular weight is 402 g/mol. The number of rotatable bonds is 6. The molecular weight excluding hydrogens is 386 g/mol. The maximum Gasteiger partial charge on any atom is 0.252 e. The molecule has 9 heteroatoms. The van der Waals surface area contributed by atoms with Crippen LogP contribution in [-0.4, -0.2) is 26.8 Å². The molecule has 2 amide bonds. The molecule has 4 rings (SSSR count). The van der Waals surface area contributed by atoms with E-state index in [1.54, 1.807) is 29.8 Å². The van der Waals surface area contributed by atoms with E-state index in [1.807, 2.05) is 17.5 Å². The third-order valence-corrected chi connectivity index (χ3v) is 5.63. The highest BCUT2D eigenvalue weighted by Crippen LogP contribution is 2.42. The van der Waals surface area contributed by atoms with E-state index in [-0.39, 0.29) is 5.91 Å². The van der Waals surface area contributed by atoms with Crippen molar-refractivity contribution in [1.82, 2.24) is 20.3 Å². The standard InChI is InChI=1S/C18H16ClN5O2S/c19-13-3-1-11(2-4-13)15(21-16(25)12-5-8-27-10-12)14-9-24(23-22-14)18(6-7-18)17(20)26/h1-5,8-10,15H,6-7H2,(H2,20,26)(H,21,25). The molecule has 1 saturated carbocycles. The predicted octanol–water partition coefficient (Wildman–Crippen LogP) is 2.49. The van der Waals surface area contributed by atoms with Gasteiger partial charge in [-0.1, -0.05) is 28.9 Å². The first-order chi connectivity index (χ1) is 13.0. The lowest BCUT2D eigenvalue weighted by Crippen LogP contribution is -2.34. The molecule has 138 valence electrons. The number of benzene rings is 1. The summed E-state index contributed by atoms with van der Waals surface area (Å²) in [5.41, 5.74) is 6.61. The van der Waals surface area contributed by atoms with Crippen molar-refractivity contribution < 1.29 is 9.59 Å². The number of thiophene rings is 1. The van der Waals surface area contributed by atoms with Gasteiger partial charge in [0.1, 0.15) is 17.3 Å². The van der Waals surface area contributed by atoms with Crippen LogP contribution in [0.15, 0.2) is 47.3 Å². The number of amides is 2. The van der Waals surface area contributed by atoms with Gasteiger partial charge >= 0.3 is 0 Å². The Hall–Kier alpha value is -2.71. The molecule has 0 radical (unpaired) electrons. The summed E-state index contributed by atoms with van der Waals surface area (Å²) in [5.74, 6) is -0.647. The van der Waals surface area contributed by atoms with Crippen molar-refractivity contribution in [1.29, 1.82) is 0 Å². The van der Waals surface area contributed by atoms with Gasteiger partial charge in [-0.2, -0.15) is 11.3 Å². The van der Waals surface area contributed by atoms with Gasteiger partial charge in [0.2, 0.25) is 5.91 Å². The largest absolute Gasteiger partial charge is 0.368 e.